The Morgan fingerprint density at radius 3 is 2.62 bits per heavy atom. The molecule has 0 heterocycles. The van der Waals surface area contributed by atoms with E-state index in [-0.39, 0.29) is 10.0 Å². The van der Waals surface area contributed by atoms with Gasteiger partial charge < -0.3 is 10.5 Å². The lowest BCUT2D eigenvalue weighted by atomic mass is 10.2. The number of esters is 1. The van der Waals surface area contributed by atoms with Gasteiger partial charge in [0.2, 0.25) is 0 Å². The van der Waals surface area contributed by atoms with Crippen molar-refractivity contribution in [2.24, 2.45) is 5.73 Å². The molecule has 86 valence electrons. The fourth-order valence-electron chi connectivity index (χ4n) is 0.937. The second-order valence-corrected chi connectivity index (χ2v) is 3.93. The van der Waals surface area contributed by atoms with Crippen LogP contribution in [0.2, 0.25) is 0 Å². The molecule has 1 atom stereocenters. The molecule has 0 saturated heterocycles. The zero-order valence-corrected chi connectivity index (χ0v) is 9.95. The predicted molar refractivity (Wildman–Crippen MR) is 58.2 cm³/mol. The molecular weight excluding hydrogens is 281 g/mol. The average Bonchev–Trinajstić information content (AvgIpc) is 2.16. The van der Waals surface area contributed by atoms with Crippen LogP contribution in [0, 0.1) is 5.82 Å². The van der Waals surface area contributed by atoms with Gasteiger partial charge in [0.25, 0.3) is 5.91 Å². The van der Waals surface area contributed by atoms with Crippen molar-refractivity contribution in [3.63, 3.8) is 0 Å². The van der Waals surface area contributed by atoms with E-state index in [4.69, 9.17) is 10.5 Å². The smallest absolute Gasteiger partial charge is 0.340 e. The first-order valence-electron chi connectivity index (χ1n) is 4.37. The summed E-state index contributed by atoms with van der Waals surface area (Å²) in [5, 5.41) is 0. The largest absolute Gasteiger partial charge is 0.449 e. The van der Waals surface area contributed by atoms with E-state index in [0.29, 0.717) is 0 Å². The zero-order chi connectivity index (χ0) is 12.3. The van der Waals surface area contributed by atoms with E-state index < -0.39 is 23.8 Å². The number of benzene rings is 1. The first-order valence-corrected chi connectivity index (χ1v) is 5.16. The second-order valence-electron chi connectivity index (χ2n) is 3.07. The number of hydrogen-bond donors (Lipinski definition) is 1. The number of primary amides is 1. The molecule has 0 aliphatic carbocycles. The molecule has 0 aliphatic heterocycles. The number of nitrogens with two attached hydrogens (primary N) is 1. The Hall–Kier alpha value is -1.43. The van der Waals surface area contributed by atoms with E-state index in [2.05, 4.69) is 15.9 Å². The quantitative estimate of drug-likeness (QED) is 0.860. The van der Waals surface area contributed by atoms with Gasteiger partial charge in [-0.3, -0.25) is 4.79 Å². The van der Waals surface area contributed by atoms with Crippen molar-refractivity contribution in [3.8, 4) is 0 Å². The van der Waals surface area contributed by atoms with Crippen LogP contribution in [0.3, 0.4) is 0 Å². The van der Waals surface area contributed by atoms with Crippen LogP contribution in [0.15, 0.2) is 22.7 Å². The lowest BCUT2D eigenvalue weighted by Crippen LogP contribution is -2.30. The Morgan fingerprint density at radius 2 is 2.12 bits per heavy atom. The van der Waals surface area contributed by atoms with Crippen LogP contribution in [0.4, 0.5) is 4.39 Å². The van der Waals surface area contributed by atoms with Crippen LogP contribution in [-0.2, 0) is 9.53 Å². The summed E-state index contributed by atoms with van der Waals surface area (Å²) in [5.74, 6) is -1.96. The minimum Gasteiger partial charge on any atom is -0.449 e. The molecule has 0 spiro atoms. The topological polar surface area (TPSA) is 69.4 Å². The van der Waals surface area contributed by atoms with E-state index in [9.17, 15) is 14.0 Å². The van der Waals surface area contributed by atoms with Crippen LogP contribution in [-0.4, -0.2) is 18.0 Å². The average molecular weight is 290 g/mol. The predicted octanol–water partition coefficient (Wildman–Crippen LogP) is 1.62. The SMILES string of the molecule is C[C@@H](OC(=O)c1ccc(F)cc1Br)C(N)=O. The summed E-state index contributed by atoms with van der Waals surface area (Å²) in [4.78, 5) is 22.2. The molecule has 0 bridgehead atoms. The number of rotatable bonds is 3. The molecule has 16 heavy (non-hydrogen) atoms. The summed E-state index contributed by atoms with van der Waals surface area (Å²) < 4.78 is 17.8. The number of ether oxygens (including phenoxy) is 1. The summed E-state index contributed by atoms with van der Waals surface area (Å²) >= 11 is 3.02. The van der Waals surface area contributed by atoms with Gasteiger partial charge in [-0.25, -0.2) is 9.18 Å². The number of carbonyl (C=O) groups is 2. The third kappa shape index (κ3) is 3.03. The van der Waals surface area contributed by atoms with Crippen LogP contribution >= 0.6 is 15.9 Å². The maximum Gasteiger partial charge on any atom is 0.340 e. The second kappa shape index (κ2) is 5.07. The van der Waals surface area contributed by atoms with Crippen LogP contribution in [0.5, 0.6) is 0 Å². The molecule has 0 fully saturated rings. The van der Waals surface area contributed by atoms with Crippen molar-refractivity contribution >= 4 is 27.8 Å². The van der Waals surface area contributed by atoms with Crippen LogP contribution in [0.1, 0.15) is 17.3 Å². The molecule has 1 aromatic carbocycles. The monoisotopic (exact) mass is 289 g/mol. The molecule has 0 unspecified atom stereocenters. The molecule has 0 aromatic heterocycles. The third-order valence-electron chi connectivity index (χ3n) is 1.84. The molecule has 0 aliphatic rings. The van der Waals surface area contributed by atoms with Gasteiger partial charge in [-0.15, -0.1) is 0 Å². The van der Waals surface area contributed by atoms with Crippen molar-refractivity contribution < 1.29 is 18.7 Å². The van der Waals surface area contributed by atoms with Gasteiger partial charge in [-0.05, 0) is 41.1 Å². The van der Waals surface area contributed by atoms with Crippen LogP contribution in [0.25, 0.3) is 0 Å². The Morgan fingerprint density at radius 1 is 1.50 bits per heavy atom. The van der Waals surface area contributed by atoms with Crippen molar-refractivity contribution in [1.82, 2.24) is 0 Å². The lowest BCUT2D eigenvalue weighted by Gasteiger charge is -2.10. The van der Waals surface area contributed by atoms with E-state index >= 15 is 0 Å². The number of amides is 1. The highest BCUT2D eigenvalue weighted by Crippen LogP contribution is 2.19. The van der Waals surface area contributed by atoms with E-state index in [1.54, 1.807) is 0 Å². The Labute approximate surface area is 99.7 Å². The first-order chi connectivity index (χ1) is 7.41. The minimum absolute atomic E-state index is 0.134. The Bertz CT molecular complexity index is 436. The first kappa shape index (κ1) is 12.6. The van der Waals surface area contributed by atoms with Gasteiger partial charge in [0.15, 0.2) is 6.10 Å². The van der Waals surface area contributed by atoms with E-state index in [1.165, 1.54) is 13.0 Å². The number of hydrogen-bond acceptors (Lipinski definition) is 3. The van der Waals surface area contributed by atoms with Gasteiger partial charge in [-0.2, -0.15) is 0 Å². The van der Waals surface area contributed by atoms with Crippen molar-refractivity contribution in [1.29, 1.82) is 0 Å². The summed E-state index contributed by atoms with van der Waals surface area (Å²) in [6, 6.07) is 3.51. The van der Waals surface area contributed by atoms with Crippen molar-refractivity contribution in [3.05, 3.63) is 34.1 Å². The van der Waals surface area contributed by atoms with Gasteiger partial charge in [-0.1, -0.05) is 0 Å². The molecule has 4 nitrogen and oxygen atoms in total. The maximum absolute atomic E-state index is 12.7. The standard InChI is InChI=1S/C10H9BrFNO3/c1-5(9(13)14)16-10(15)7-3-2-6(12)4-8(7)11/h2-5H,1H3,(H2,13,14)/t5-/m1/s1. The summed E-state index contributed by atoms with van der Waals surface area (Å²) in [7, 11) is 0. The molecule has 1 rings (SSSR count). The van der Waals surface area contributed by atoms with Gasteiger partial charge in [0.05, 0.1) is 5.56 Å². The highest BCUT2D eigenvalue weighted by molar-refractivity contribution is 9.10. The van der Waals surface area contributed by atoms with Gasteiger partial charge in [0, 0.05) is 4.47 Å². The van der Waals surface area contributed by atoms with Crippen molar-refractivity contribution in [2.45, 2.75) is 13.0 Å². The molecule has 2 N–H and O–H groups in total. The van der Waals surface area contributed by atoms with E-state index in [0.717, 1.165) is 12.1 Å². The molecule has 1 amide bonds. The van der Waals surface area contributed by atoms with Gasteiger partial charge in [0.1, 0.15) is 5.82 Å². The van der Waals surface area contributed by atoms with E-state index in [1.807, 2.05) is 0 Å². The molecule has 0 saturated carbocycles. The molecule has 1 aromatic rings. The fourth-order valence-corrected chi connectivity index (χ4v) is 1.45. The maximum atomic E-state index is 12.7. The number of halogens is 2. The highest BCUT2D eigenvalue weighted by atomic mass is 79.9. The normalized spacial score (nSPS) is 11.9. The van der Waals surface area contributed by atoms with Gasteiger partial charge >= 0.3 is 5.97 Å². The Kier molecular flexibility index (Phi) is 4.00. The summed E-state index contributed by atoms with van der Waals surface area (Å²) in [5.41, 5.74) is 5.07. The summed E-state index contributed by atoms with van der Waals surface area (Å²) in [6.45, 7) is 1.36. The number of carbonyl (C=O) groups excluding carboxylic acids is 2. The highest BCUT2D eigenvalue weighted by Gasteiger charge is 2.18. The van der Waals surface area contributed by atoms with Crippen LogP contribution < -0.4 is 5.73 Å². The molecule has 0 radical (unpaired) electrons. The zero-order valence-electron chi connectivity index (χ0n) is 8.37. The fraction of sp³-hybridized carbons (Fsp3) is 0.200. The minimum atomic E-state index is -1.02. The van der Waals surface area contributed by atoms with Crippen molar-refractivity contribution in [2.75, 3.05) is 0 Å². The molecule has 6 heteroatoms. The lowest BCUT2D eigenvalue weighted by molar-refractivity contribution is -0.125. The summed E-state index contributed by atoms with van der Waals surface area (Å²) in [6.07, 6.45) is -1.02. The molecular formula is C10H9BrFNO3. The third-order valence-corrected chi connectivity index (χ3v) is 2.49. The Balaban J connectivity index is 2.85.